The minimum Gasteiger partial charge on any atom is -0.396 e. The van der Waals surface area contributed by atoms with Gasteiger partial charge < -0.3 is 16.2 Å². The van der Waals surface area contributed by atoms with Gasteiger partial charge in [0.2, 0.25) is 0 Å². The summed E-state index contributed by atoms with van der Waals surface area (Å²) in [5, 5.41) is 12.5. The number of rotatable bonds is 6. The van der Waals surface area contributed by atoms with Crippen LogP contribution in [0.1, 0.15) is 38.6 Å². The third kappa shape index (κ3) is 3.57. The number of aryl methyl sites for hydroxylation is 1. The topological polar surface area (TPSA) is 84.1 Å². The van der Waals surface area contributed by atoms with Gasteiger partial charge >= 0.3 is 0 Å². The van der Waals surface area contributed by atoms with Crippen LogP contribution < -0.4 is 11.1 Å². The Labute approximate surface area is 109 Å². The average molecular weight is 252 g/mol. The van der Waals surface area contributed by atoms with Crippen LogP contribution in [0.25, 0.3) is 0 Å². The molecule has 1 aromatic rings. The number of aliphatic hydroxyl groups excluding tert-OH is 1. The Bertz CT molecular complexity index is 393. The second kappa shape index (κ2) is 6.54. The van der Waals surface area contributed by atoms with Crippen molar-refractivity contribution in [3.8, 4) is 0 Å². The zero-order valence-corrected chi connectivity index (χ0v) is 11.7. The SMILES string of the molecule is CCc1nc(N)c(C)c(NC(CCO)C(C)C)n1. The van der Waals surface area contributed by atoms with Gasteiger partial charge in [-0.2, -0.15) is 0 Å². The van der Waals surface area contributed by atoms with Gasteiger partial charge in [-0.05, 0) is 19.3 Å². The molecule has 0 aliphatic heterocycles. The van der Waals surface area contributed by atoms with Crippen molar-refractivity contribution in [2.75, 3.05) is 17.7 Å². The van der Waals surface area contributed by atoms with Gasteiger partial charge in [0, 0.05) is 24.6 Å². The monoisotopic (exact) mass is 252 g/mol. The zero-order chi connectivity index (χ0) is 13.7. The molecule has 0 fully saturated rings. The molecule has 0 spiro atoms. The van der Waals surface area contributed by atoms with Gasteiger partial charge in [-0.25, -0.2) is 9.97 Å². The molecule has 0 bridgehead atoms. The van der Waals surface area contributed by atoms with Gasteiger partial charge in [0.1, 0.15) is 17.5 Å². The normalized spacial score (nSPS) is 12.8. The lowest BCUT2D eigenvalue weighted by atomic mass is 10.0. The Balaban J connectivity index is 2.97. The van der Waals surface area contributed by atoms with E-state index in [1.807, 2.05) is 13.8 Å². The minimum absolute atomic E-state index is 0.163. The molecule has 0 aliphatic rings. The summed E-state index contributed by atoms with van der Waals surface area (Å²) in [4.78, 5) is 8.70. The second-order valence-corrected chi connectivity index (χ2v) is 4.86. The maximum Gasteiger partial charge on any atom is 0.134 e. The molecule has 1 unspecified atom stereocenters. The van der Waals surface area contributed by atoms with E-state index >= 15 is 0 Å². The lowest BCUT2D eigenvalue weighted by molar-refractivity contribution is 0.267. The summed E-state index contributed by atoms with van der Waals surface area (Å²) in [7, 11) is 0. The molecule has 0 aliphatic carbocycles. The Hall–Kier alpha value is -1.36. The summed E-state index contributed by atoms with van der Waals surface area (Å²) in [6, 6.07) is 0.188. The van der Waals surface area contributed by atoms with E-state index in [1.54, 1.807) is 0 Å². The van der Waals surface area contributed by atoms with E-state index in [4.69, 9.17) is 10.8 Å². The quantitative estimate of drug-likeness (QED) is 0.718. The van der Waals surface area contributed by atoms with E-state index in [0.29, 0.717) is 18.2 Å². The summed E-state index contributed by atoms with van der Waals surface area (Å²) >= 11 is 0. The summed E-state index contributed by atoms with van der Waals surface area (Å²) in [6.45, 7) is 8.31. The van der Waals surface area contributed by atoms with Gasteiger partial charge in [0.05, 0.1) is 0 Å². The van der Waals surface area contributed by atoms with Crippen molar-refractivity contribution in [3.63, 3.8) is 0 Å². The van der Waals surface area contributed by atoms with E-state index in [9.17, 15) is 0 Å². The van der Waals surface area contributed by atoms with Crippen LogP contribution in [0.2, 0.25) is 0 Å². The van der Waals surface area contributed by atoms with Crippen molar-refractivity contribution >= 4 is 11.6 Å². The summed E-state index contributed by atoms with van der Waals surface area (Å²) < 4.78 is 0. The van der Waals surface area contributed by atoms with E-state index in [0.717, 1.165) is 23.6 Å². The fourth-order valence-electron chi connectivity index (χ4n) is 1.77. The van der Waals surface area contributed by atoms with Gasteiger partial charge in [-0.1, -0.05) is 20.8 Å². The Morgan fingerprint density at radius 2 is 2.00 bits per heavy atom. The summed E-state index contributed by atoms with van der Waals surface area (Å²) in [5.74, 6) is 2.47. The first kappa shape index (κ1) is 14.7. The highest BCUT2D eigenvalue weighted by Crippen LogP contribution is 2.21. The second-order valence-electron chi connectivity index (χ2n) is 4.86. The van der Waals surface area contributed by atoms with Crippen molar-refractivity contribution in [2.24, 2.45) is 5.92 Å². The highest BCUT2D eigenvalue weighted by Gasteiger charge is 2.16. The van der Waals surface area contributed by atoms with Crippen LogP contribution in [0.15, 0.2) is 0 Å². The molecule has 0 saturated carbocycles. The molecule has 0 radical (unpaired) electrons. The lowest BCUT2D eigenvalue weighted by Gasteiger charge is -2.23. The van der Waals surface area contributed by atoms with Crippen LogP contribution in [-0.4, -0.2) is 27.7 Å². The summed E-state index contributed by atoms with van der Waals surface area (Å²) in [5.41, 5.74) is 6.75. The van der Waals surface area contributed by atoms with Crippen molar-refractivity contribution in [1.29, 1.82) is 0 Å². The fraction of sp³-hybridized carbons (Fsp3) is 0.692. The molecule has 1 rings (SSSR count). The smallest absolute Gasteiger partial charge is 0.134 e. The minimum atomic E-state index is 0.163. The third-order valence-corrected chi connectivity index (χ3v) is 3.11. The number of nitrogens with one attached hydrogen (secondary N) is 1. The third-order valence-electron chi connectivity index (χ3n) is 3.11. The van der Waals surface area contributed by atoms with E-state index in [-0.39, 0.29) is 12.6 Å². The largest absolute Gasteiger partial charge is 0.396 e. The molecule has 1 atom stereocenters. The van der Waals surface area contributed by atoms with Crippen molar-refractivity contribution in [1.82, 2.24) is 9.97 Å². The fourth-order valence-corrected chi connectivity index (χ4v) is 1.77. The standard InChI is InChI=1S/C13H24N4O/c1-5-11-16-12(14)9(4)13(17-11)15-10(6-7-18)8(2)3/h8,10,18H,5-7H2,1-4H3,(H3,14,15,16,17). The molecule has 1 heterocycles. The molecule has 5 heteroatoms. The van der Waals surface area contributed by atoms with Crippen molar-refractivity contribution in [3.05, 3.63) is 11.4 Å². The molecule has 0 aromatic carbocycles. The number of nitrogens with two attached hydrogens (primary N) is 1. The van der Waals surface area contributed by atoms with E-state index in [1.165, 1.54) is 0 Å². The molecular weight excluding hydrogens is 228 g/mol. The van der Waals surface area contributed by atoms with Gasteiger partial charge in [-0.3, -0.25) is 0 Å². The van der Waals surface area contributed by atoms with Crippen LogP contribution in [0.4, 0.5) is 11.6 Å². The number of anilines is 2. The first-order valence-electron chi connectivity index (χ1n) is 6.49. The van der Waals surface area contributed by atoms with E-state index in [2.05, 4.69) is 29.1 Å². The number of nitrogens with zero attached hydrogens (tertiary/aromatic N) is 2. The lowest BCUT2D eigenvalue weighted by Crippen LogP contribution is -2.28. The van der Waals surface area contributed by atoms with Gasteiger partial charge in [0.25, 0.3) is 0 Å². The summed E-state index contributed by atoms with van der Waals surface area (Å²) in [6.07, 6.45) is 1.45. The number of hydrogen-bond acceptors (Lipinski definition) is 5. The zero-order valence-electron chi connectivity index (χ0n) is 11.7. The van der Waals surface area contributed by atoms with Crippen LogP contribution in [-0.2, 0) is 6.42 Å². The highest BCUT2D eigenvalue weighted by molar-refractivity contribution is 5.55. The average Bonchev–Trinajstić information content (AvgIpc) is 2.33. The van der Waals surface area contributed by atoms with Crippen LogP contribution in [0.3, 0.4) is 0 Å². The van der Waals surface area contributed by atoms with Crippen molar-refractivity contribution in [2.45, 2.75) is 46.6 Å². The molecule has 0 amide bonds. The van der Waals surface area contributed by atoms with Crippen LogP contribution >= 0.6 is 0 Å². The Morgan fingerprint density at radius 3 is 2.50 bits per heavy atom. The number of hydrogen-bond donors (Lipinski definition) is 3. The van der Waals surface area contributed by atoms with Crippen LogP contribution in [0.5, 0.6) is 0 Å². The molecule has 0 saturated heterocycles. The first-order valence-corrected chi connectivity index (χ1v) is 6.49. The molecule has 1 aromatic heterocycles. The van der Waals surface area contributed by atoms with Crippen molar-refractivity contribution < 1.29 is 5.11 Å². The highest BCUT2D eigenvalue weighted by atomic mass is 16.3. The molecule has 5 nitrogen and oxygen atoms in total. The molecule has 18 heavy (non-hydrogen) atoms. The Morgan fingerprint density at radius 1 is 1.33 bits per heavy atom. The van der Waals surface area contributed by atoms with Gasteiger partial charge in [0.15, 0.2) is 0 Å². The first-order chi connectivity index (χ1) is 8.49. The van der Waals surface area contributed by atoms with E-state index < -0.39 is 0 Å². The number of nitrogen functional groups attached to an aromatic ring is 1. The van der Waals surface area contributed by atoms with Gasteiger partial charge in [-0.15, -0.1) is 0 Å². The number of aromatic nitrogens is 2. The molecule has 102 valence electrons. The predicted octanol–water partition coefficient (Wildman–Crippen LogP) is 1.75. The number of aliphatic hydroxyl groups is 1. The maximum atomic E-state index is 9.09. The maximum absolute atomic E-state index is 9.09. The predicted molar refractivity (Wildman–Crippen MR) is 74.5 cm³/mol. The van der Waals surface area contributed by atoms with Crippen LogP contribution in [0, 0.1) is 12.8 Å². The Kier molecular flexibility index (Phi) is 5.34. The molecule has 4 N–H and O–H groups in total. The molecular formula is C13H24N4O.